The fourth-order valence-corrected chi connectivity index (χ4v) is 2.04. The minimum atomic E-state index is -0.664. The molecule has 0 bridgehead atoms. The van der Waals surface area contributed by atoms with Crippen LogP contribution in [0.4, 0.5) is 5.69 Å². The summed E-state index contributed by atoms with van der Waals surface area (Å²) in [4.78, 5) is 23.1. The van der Waals surface area contributed by atoms with E-state index in [9.17, 15) is 9.59 Å². The van der Waals surface area contributed by atoms with Crippen molar-refractivity contribution in [1.29, 1.82) is 0 Å². The van der Waals surface area contributed by atoms with Crippen molar-refractivity contribution in [3.63, 3.8) is 0 Å². The summed E-state index contributed by atoms with van der Waals surface area (Å²) in [6, 6.07) is 8.03. The molecule has 0 saturated carbocycles. The highest BCUT2D eigenvalue weighted by Gasteiger charge is 2.27. The second-order valence-corrected chi connectivity index (χ2v) is 3.68. The van der Waals surface area contributed by atoms with E-state index >= 15 is 0 Å². The average Bonchev–Trinajstić information content (AvgIpc) is 2.35. The zero-order chi connectivity index (χ0) is 12.0. The van der Waals surface area contributed by atoms with Gasteiger partial charge in [0, 0.05) is 10.8 Å². The Bertz CT molecular complexity index is 643. The van der Waals surface area contributed by atoms with Crippen molar-refractivity contribution < 1.29 is 19.5 Å². The summed E-state index contributed by atoms with van der Waals surface area (Å²) in [5, 5.41) is 10.1. The standard InChI is InChI=1S/C12H7NO4/c14-11-7-3-1-2-6-9(13-16)5-4-8(10(6)7)12(15)17-11/h1-5,13,16H. The number of cyclic esters (lactones) is 2. The van der Waals surface area contributed by atoms with Crippen molar-refractivity contribution in [3.05, 3.63) is 41.5 Å². The Morgan fingerprint density at radius 2 is 1.71 bits per heavy atom. The van der Waals surface area contributed by atoms with Crippen molar-refractivity contribution in [1.82, 2.24) is 0 Å². The van der Waals surface area contributed by atoms with Gasteiger partial charge >= 0.3 is 11.9 Å². The van der Waals surface area contributed by atoms with Crippen molar-refractivity contribution in [3.8, 4) is 0 Å². The normalized spacial score (nSPS) is 13.7. The third-order valence-corrected chi connectivity index (χ3v) is 2.79. The summed E-state index contributed by atoms with van der Waals surface area (Å²) in [5.74, 6) is -1.33. The minimum Gasteiger partial charge on any atom is -0.386 e. The van der Waals surface area contributed by atoms with Gasteiger partial charge in [0.2, 0.25) is 0 Å². The first kappa shape index (κ1) is 9.80. The lowest BCUT2D eigenvalue weighted by Crippen LogP contribution is -2.19. The predicted molar refractivity (Wildman–Crippen MR) is 59.1 cm³/mol. The largest absolute Gasteiger partial charge is 0.386 e. The van der Waals surface area contributed by atoms with Crippen LogP contribution in [0.5, 0.6) is 0 Å². The van der Waals surface area contributed by atoms with E-state index in [-0.39, 0.29) is 0 Å². The molecule has 2 N–H and O–H groups in total. The number of anilines is 1. The number of hydrogen-bond acceptors (Lipinski definition) is 5. The summed E-state index contributed by atoms with van der Waals surface area (Å²) in [6.07, 6.45) is 0. The Morgan fingerprint density at radius 3 is 2.41 bits per heavy atom. The molecule has 0 atom stereocenters. The SMILES string of the molecule is O=C1OC(=O)c2ccc(NO)c3cccc1c23. The molecule has 84 valence electrons. The molecular weight excluding hydrogens is 222 g/mol. The van der Waals surface area contributed by atoms with Gasteiger partial charge in [0.15, 0.2) is 0 Å². The first-order valence-electron chi connectivity index (χ1n) is 4.94. The molecule has 0 aliphatic carbocycles. The number of hydrogen-bond donors (Lipinski definition) is 2. The lowest BCUT2D eigenvalue weighted by molar-refractivity contribution is 0.0391. The maximum Gasteiger partial charge on any atom is 0.346 e. The van der Waals surface area contributed by atoms with Gasteiger partial charge in [0.05, 0.1) is 16.8 Å². The number of carbonyl (C=O) groups excluding carboxylic acids is 2. The van der Waals surface area contributed by atoms with Crippen LogP contribution in [0.2, 0.25) is 0 Å². The fourth-order valence-electron chi connectivity index (χ4n) is 2.04. The predicted octanol–water partition coefficient (Wildman–Crippen LogP) is 1.95. The Kier molecular flexibility index (Phi) is 1.90. The molecule has 1 aliphatic rings. The van der Waals surface area contributed by atoms with Crippen LogP contribution in [0.25, 0.3) is 10.8 Å². The van der Waals surface area contributed by atoms with Gasteiger partial charge in [0.1, 0.15) is 0 Å². The summed E-state index contributed by atoms with van der Waals surface area (Å²) in [7, 11) is 0. The topological polar surface area (TPSA) is 75.6 Å². The quantitative estimate of drug-likeness (QED) is 0.444. The van der Waals surface area contributed by atoms with E-state index in [1.165, 1.54) is 6.07 Å². The first-order chi connectivity index (χ1) is 8.22. The molecule has 0 unspecified atom stereocenters. The number of ether oxygens (including phenoxy) is 1. The van der Waals surface area contributed by atoms with Crippen LogP contribution in [-0.2, 0) is 4.74 Å². The van der Waals surface area contributed by atoms with Crippen LogP contribution in [-0.4, -0.2) is 17.1 Å². The summed E-state index contributed by atoms with van der Waals surface area (Å²) >= 11 is 0. The average molecular weight is 229 g/mol. The third-order valence-electron chi connectivity index (χ3n) is 2.79. The monoisotopic (exact) mass is 229 g/mol. The lowest BCUT2D eigenvalue weighted by Gasteiger charge is -2.16. The van der Waals surface area contributed by atoms with Crippen LogP contribution in [0.15, 0.2) is 30.3 Å². The Labute approximate surface area is 95.6 Å². The molecule has 5 nitrogen and oxygen atoms in total. The van der Waals surface area contributed by atoms with Crippen molar-refractivity contribution in [2.24, 2.45) is 0 Å². The highest BCUT2D eigenvalue weighted by atomic mass is 16.6. The number of benzene rings is 2. The van der Waals surface area contributed by atoms with E-state index < -0.39 is 11.9 Å². The third kappa shape index (κ3) is 1.23. The van der Waals surface area contributed by atoms with Crippen LogP contribution in [0, 0.1) is 0 Å². The molecule has 2 aromatic rings. The van der Waals surface area contributed by atoms with E-state index in [2.05, 4.69) is 4.74 Å². The lowest BCUT2D eigenvalue weighted by atomic mass is 9.96. The molecule has 0 amide bonds. The second-order valence-electron chi connectivity index (χ2n) is 3.68. The van der Waals surface area contributed by atoms with E-state index in [0.717, 1.165) is 0 Å². The zero-order valence-corrected chi connectivity index (χ0v) is 8.56. The van der Waals surface area contributed by atoms with Crippen molar-refractivity contribution in [2.75, 3.05) is 5.48 Å². The van der Waals surface area contributed by atoms with Gasteiger partial charge in [-0.2, -0.15) is 0 Å². The van der Waals surface area contributed by atoms with Gasteiger partial charge in [-0.3, -0.25) is 10.7 Å². The highest BCUT2D eigenvalue weighted by molar-refractivity contribution is 6.22. The molecule has 0 spiro atoms. The molecule has 3 rings (SSSR count). The Morgan fingerprint density at radius 1 is 1.00 bits per heavy atom. The van der Waals surface area contributed by atoms with E-state index in [4.69, 9.17) is 5.21 Å². The maximum absolute atomic E-state index is 11.6. The fraction of sp³-hybridized carbons (Fsp3) is 0. The van der Waals surface area contributed by atoms with Crippen LogP contribution >= 0.6 is 0 Å². The summed E-state index contributed by atoms with van der Waals surface area (Å²) in [6.45, 7) is 0. The summed E-state index contributed by atoms with van der Waals surface area (Å²) in [5.41, 5.74) is 3.13. The minimum absolute atomic E-state index is 0.328. The number of rotatable bonds is 1. The highest BCUT2D eigenvalue weighted by Crippen LogP contribution is 2.32. The summed E-state index contributed by atoms with van der Waals surface area (Å²) < 4.78 is 4.62. The molecule has 2 aromatic carbocycles. The molecule has 1 aliphatic heterocycles. The van der Waals surface area contributed by atoms with E-state index in [0.29, 0.717) is 27.6 Å². The molecule has 0 fully saturated rings. The molecule has 1 heterocycles. The second kappa shape index (κ2) is 3.29. The van der Waals surface area contributed by atoms with Gasteiger partial charge < -0.3 is 4.74 Å². The molecule has 5 heteroatoms. The van der Waals surface area contributed by atoms with Crippen LogP contribution < -0.4 is 5.48 Å². The van der Waals surface area contributed by atoms with Crippen molar-refractivity contribution in [2.45, 2.75) is 0 Å². The first-order valence-corrected chi connectivity index (χ1v) is 4.94. The Hall–Kier alpha value is -2.40. The maximum atomic E-state index is 11.6. The number of carbonyl (C=O) groups is 2. The Balaban J connectivity index is 2.51. The van der Waals surface area contributed by atoms with E-state index in [1.807, 2.05) is 5.48 Å². The van der Waals surface area contributed by atoms with Crippen LogP contribution in [0.1, 0.15) is 20.7 Å². The van der Waals surface area contributed by atoms with Gasteiger partial charge in [-0.05, 0) is 18.2 Å². The molecular formula is C12H7NO4. The number of nitrogens with one attached hydrogen (secondary N) is 1. The smallest absolute Gasteiger partial charge is 0.346 e. The van der Waals surface area contributed by atoms with Crippen molar-refractivity contribution >= 4 is 28.4 Å². The zero-order valence-electron chi connectivity index (χ0n) is 8.56. The van der Waals surface area contributed by atoms with E-state index in [1.54, 1.807) is 24.3 Å². The van der Waals surface area contributed by atoms with Gasteiger partial charge in [0.25, 0.3) is 0 Å². The molecule has 0 radical (unpaired) electrons. The van der Waals surface area contributed by atoms with Gasteiger partial charge in [-0.15, -0.1) is 0 Å². The number of esters is 2. The molecule has 0 aromatic heterocycles. The van der Waals surface area contributed by atoms with Gasteiger partial charge in [-0.25, -0.2) is 9.59 Å². The van der Waals surface area contributed by atoms with Gasteiger partial charge in [-0.1, -0.05) is 12.1 Å². The molecule has 0 saturated heterocycles. The van der Waals surface area contributed by atoms with Crippen LogP contribution in [0.3, 0.4) is 0 Å². The molecule has 17 heavy (non-hydrogen) atoms.